The maximum Gasteiger partial charge on any atom is 0.279 e. The van der Waals surface area contributed by atoms with E-state index in [1.54, 1.807) is 0 Å². The topological polar surface area (TPSA) is 75.4 Å². The zero-order valence-corrected chi connectivity index (χ0v) is 9.93. The van der Waals surface area contributed by atoms with Crippen LogP contribution in [-0.2, 0) is 10.2 Å². The van der Waals surface area contributed by atoms with Crippen LogP contribution < -0.4 is 10.5 Å². The van der Waals surface area contributed by atoms with Crippen LogP contribution in [0.5, 0.6) is 0 Å². The Morgan fingerprint density at radius 1 is 1.43 bits per heavy atom. The molecule has 0 aromatic rings. The number of rotatable bonds is 3. The number of nitrogens with two attached hydrogens (primary N) is 1. The summed E-state index contributed by atoms with van der Waals surface area (Å²) in [6, 6.07) is 0.0299. The number of hydrogen-bond donors (Lipinski definition) is 2. The van der Waals surface area contributed by atoms with Crippen LogP contribution in [0.15, 0.2) is 0 Å². The average Bonchev–Trinajstić information content (AvgIpc) is 2.03. The molecule has 6 heteroatoms. The minimum Gasteiger partial charge on any atom is -0.327 e. The summed E-state index contributed by atoms with van der Waals surface area (Å²) in [4.78, 5) is 0. The van der Waals surface area contributed by atoms with Gasteiger partial charge in [0, 0.05) is 26.2 Å². The van der Waals surface area contributed by atoms with Gasteiger partial charge in [0.2, 0.25) is 0 Å². The highest BCUT2D eigenvalue weighted by atomic mass is 32.2. The van der Waals surface area contributed by atoms with Crippen LogP contribution >= 0.6 is 0 Å². The van der Waals surface area contributed by atoms with Gasteiger partial charge in [0.1, 0.15) is 0 Å². The SMILES string of the molecule is CN(C)S(=O)(=O)NC1CC(N)C1(C)C. The zero-order chi connectivity index (χ0) is 11.1. The molecule has 1 aliphatic rings. The summed E-state index contributed by atoms with van der Waals surface area (Å²) in [5, 5.41) is 0. The van der Waals surface area contributed by atoms with E-state index >= 15 is 0 Å². The first kappa shape index (κ1) is 11.9. The smallest absolute Gasteiger partial charge is 0.279 e. The summed E-state index contributed by atoms with van der Waals surface area (Å²) in [5.41, 5.74) is 5.64. The fourth-order valence-corrected chi connectivity index (χ4v) is 2.41. The number of hydrogen-bond acceptors (Lipinski definition) is 3. The Morgan fingerprint density at radius 3 is 2.21 bits per heavy atom. The second kappa shape index (κ2) is 3.44. The standard InChI is InChI=1S/C8H19N3O2S/c1-8(2)6(9)5-7(8)10-14(12,13)11(3)4/h6-7,10H,5,9H2,1-4H3. The summed E-state index contributed by atoms with van der Waals surface area (Å²) < 4.78 is 26.8. The molecule has 0 amide bonds. The van der Waals surface area contributed by atoms with Crippen molar-refractivity contribution in [1.29, 1.82) is 0 Å². The molecular formula is C8H19N3O2S. The third-order valence-electron chi connectivity index (χ3n) is 3.12. The summed E-state index contributed by atoms with van der Waals surface area (Å²) in [7, 11) is -0.309. The molecule has 3 N–H and O–H groups in total. The van der Waals surface area contributed by atoms with Gasteiger partial charge in [0.25, 0.3) is 10.2 Å². The Balaban J connectivity index is 2.65. The van der Waals surface area contributed by atoms with Crippen molar-refractivity contribution in [3.8, 4) is 0 Å². The first-order chi connectivity index (χ1) is 6.18. The molecule has 0 bridgehead atoms. The van der Waals surface area contributed by atoms with Gasteiger partial charge in [-0.05, 0) is 11.8 Å². The fraction of sp³-hybridized carbons (Fsp3) is 1.00. The van der Waals surface area contributed by atoms with Gasteiger partial charge in [-0.25, -0.2) is 0 Å². The van der Waals surface area contributed by atoms with Gasteiger partial charge in [-0.1, -0.05) is 13.8 Å². The van der Waals surface area contributed by atoms with Crippen molar-refractivity contribution in [2.24, 2.45) is 11.1 Å². The average molecular weight is 221 g/mol. The molecule has 1 saturated carbocycles. The molecule has 1 aliphatic carbocycles. The van der Waals surface area contributed by atoms with Crippen molar-refractivity contribution >= 4 is 10.2 Å². The van der Waals surface area contributed by atoms with Crippen molar-refractivity contribution in [3.63, 3.8) is 0 Å². The Morgan fingerprint density at radius 2 is 1.93 bits per heavy atom. The van der Waals surface area contributed by atoms with E-state index in [0.717, 1.165) is 0 Å². The van der Waals surface area contributed by atoms with E-state index in [1.807, 2.05) is 13.8 Å². The van der Waals surface area contributed by atoms with Crippen molar-refractivity contribution in [2.75, 3.05) is 14.1 Å². The second-order valence-electron chi connectivity index (χ2n) is 4.62. The Bertz CT molecular complexity index is 311. The Labute approximate surface area is 85.8 Å². The van der Waals surface area contributed by atoms with Crippen molar-refractivity contribution in [3.05, 3.63) is 0 Å². The molecule has 0 radical (unpaired) electrons. The van der Waals surface area contributed by atoms with Crippen LogP contribution in [-0.4, -0.2) is 38.9 Å². The predicted octanol–water partition coefficient (Wildman–Crippen LogP) is -0.492. The highest BCUT2D eigenvalue weighted by Crippen LogP contribution is 2.39. The predicted molar refractivity (Wildman–Crippen MR) is 55.9 cm³/mol. The van der Waals surface area contributed by atoms with E-state index < -0.39 is 10.2 Å². The maximum absolute atomic E-state index is 11.5. The molecule has 14 heavy (non-hydrogen) atoms. The van der Waals surface area contributed by atoms with E-state index in [0.29, 0.717) is 6.42 Å². The molecule has 2 unspecified atom stereocenters. The van der Waals surface area contributed by atoms with Crippen LogP contribution in [0.25, 0.3) is 0 Å². The third-order valence-corrected chi connectivity index (χ3v) is 4.66. The van der Waals surface area contributed by atoms with E-state index in [9.17, 15) is 8.42 Å². The van der Waals surface area contributed by atoms with Crippen LogP contribution in [0.2, 0.25) is 0 Å². The quantitative estimate of drug-likeness (QED) is 0.675. The molecular weight excluding hydrogens is 202 g/mol. The molecule has 0 aliphatic heterocycles. The normalized spacial score (nSPS) is 31.6. The molecule has 0 aromatic heterocycles. The second-order valence-corrected chi connectivity index (χ2v) is 6.54. The number of nitrogens with one attached hydrogen (secondary N) is 1. The highest BCUT2D eigenvalue weighted by molar-refractivity contribution is 7.87. The molecule has 84 valence electrons. The van der Waals surface area contributed by atoms with Gasteiger partial charge in [-0.2, -0.15) is 17.4 Å². The zero-order valence-electron chi connectivity index (χ0n) is 9.11. The van der Waals surface area contributed by atoms with E-state index in [1.165, 1.54) is 18.4 Å². The molecule has 5 nitrogen and oxygen atoms in total. The van der Waals surface area contributed by atoms with Crippen LogP contribution in [0.4, 0.5) is 0 Å². The van der Waals surface area contributed by atoms with Crippen LogP contribution in [0, 0.1) is 5.41 Å². The maximum atomic E-state index is 11.5. The fourth-order valence-electron chi connectivity index (χ4n) is 1.44. The summed E-state index contributed by atoms with van der Waals surface area (Å²) in [5.74, 6) is 0. The van der Waals surface area contributed by atoms with Gasteiger partial charge >= 0.3 is 0 Å². The van der Waals surface area contributed by atoms with Gasteiger partial charge < -0.3 is 5.73 Å². The van der Waals surface area contributed by atoms with Crippen molar-refractivity contribution in [1.82, 2.24) is 9.03 Å². The first-order valence-electron chi connectivity index (χ1n) is 4.63. The lowest BCUT2D eigenvalue weighted by Gasteiger charge is -2.50. The highest BCUT2D eigenvalue weighted by Gasteiger charge is 2.47. The number of nitrogens with zero attached hydrogens (tertiary/aromatic N) is 1. The molecule has 0 aromatic carbocycles. The third kappa shape index (κ3) is 1.93. The first-order valence-corrected chi connectivity index (χ1v) is 6.07. The lowest BCUT2D eigenvalue weighted by Crippen LogP contribution is -2.65. The lowest BCUT2D eigenvalue weighted by atomic mass is 9.64. The van der Waals surface area contributed by atoms with E-state index in [2.05, 4.69) is 4.72 Å². The van der Waals surface area contributed by atoms with Crippen molar-refractivity contribution < 1.29 is 8.42 Å². The molecule has 2 atom stereocenters. The van der Waals surface area contributed by atoms with Gasteiger partial charge in [-0.3, -0.25) is 0 Å². The van der Waals surface area contributed by atoms with E-state index in [-0.39, 0.29) is 17.5 Å². The Kier molecular flexibility index (Phi) is 2.93. The monoisotopic (exact) mass is 221 g/mol. The summed E-state index contributed by atoms with van der Waals surface area (Å²) in [6.45, 7) is 3.95. The molecule has 0 saturated heterocycles. The van der Waals surface area contributed by atoms with Gasteiger partial charge in [0.05, 0.1) is 0 Å². The van der Waals surface area contributed by atoms with Crippen LogP contribution in [0.1, 0.15) is 20.3 Å². The molecule has 0 heterocycles. The lowest BCUT2D eigenvalue weighted by molar-refractivity contribution is 0.0893. The molecule has 0 spiro atoms. The van der Waals surface area contributed by atoms with Gasteiger partial charge in [-0.15, -0.1) is 0 Å². The largest absolute Gasteiger partial charge is 0.327 e. The van der Waals surface area contributed by atoms with E-state index in [4.69, 9.17) is 5.73 Å². The summed E-state index contributed by atoms with van der Waals surface area (Å²) >= 11 is 0. The minimum absolute atomic E-state index is 0.0510. The van der Waals surface area contributed by atoms with Crippen molar-refractivity contribution in [2.45, 2.75) is 32.4 Å². The molecule has 1 fully saturated rings. The molecule has 1 rings (SSSR count). The van der Waals surface area contributed by atoms with Gasteiger partial charge in [0.15, 0.2) is 0 Å². The summed E-state index contributed by atoms with van der Waals surface area (Å²) in [6.07, 6.45) is 0.708. The van der Waals surface area contributed by atoms with Crippen LogP contribution in [0.3, 0.4) is 0 Å². The minimum atomic E-state index is -3.32. The Hall–Kier alpha value is -0.170.